The molecule has 0 unspecified atom stereocenters. The van der Waals surface area contributed by atoms with E-state index in [1.807, 2.05) is 36.4 Å². The van der Waals surface area contributed by atoms with E-state index in [-0.39, 0.29) is 5.91 Å². The summed E-state index contributed by atoms with van der Waals surface area (Å²) in [5.74, 6) is 1.45. The standard InChI is InChI=1S/C21H21NO3S2/c1-14-8-9-17(12-15(14)2)24-10-5-11-25-18-7-4-3-6-16(18)13-19-20(23)22-21(26)27-19/h3-4,6-9,12-13H,5,10-11H2,1-2H3,(H,22,23,26)/b19-13+. The number of thioether (sulfide) groups is 1. The van der Waals surface area contributed by atoms with E-state index < -0.39 is 0 Å². The van der Waals surface area contributed by atoms with Gasteiger partial charge >= 0.3 is 0 Å². The maximum Gasteiger partial charge on any atom is 0.263 e. The fourth-order valence-electron chi connectivity index (χ4n) is 2.53. The minimum Gasteiger partial charge on any atom is -0.493 e. The fraction of sp³-hybridized carbons (Fsp3) is 0.238. The summed E-state index contributed by atoms with van der Waals surface area (Å²) in [4.78, 5) is 12.4. The van der Waals surface area contributed by atoms with E-state index in [9.17, 15) is 4.79 Å². The maximum atomic E-state index is 11.8. The van der Waals surface area contributed by atoms with E-state index in [0.717, 1.165) is 23.5 Å². The fourth-order valence-corrected chi connectivity index (χ4v) is 3.56. The zero-order valence-corrected chi connectivity index (χ0v) is 16.9. The highest BCUT2D eigenvalue weighted by Crippen LogP contribution is 2.29. The largest absolute Gasteiger partial charge is 0.493 e. The quantitative estimate of drug-likeness (QED) is 0.418. The van der Waals surface area contributed by atoms with Crippen LogP contribution in [0.15, 0.2) is 47.4 Å². The third-order valence-corrected chi connectivity index (χ3v) is 5.30. The van der Waals surface area contributed by atoms with Gasteiger partial charge in [-0.05, 0) is 49.2 Å². The van der Waals surface area contributed by atoms with E-state index in [2.05, 4.69) is 25.2 Å². The molecule has 1 saturated heterocycles. The van der Waals surface area contributed by atoms with Crippen LogP contribution in [0.25, 0.3) is 6.08 Å². The van der Waals surface area contributed by atoms with Gasteiger partial charge in [-0.2, -0.15) is 0 Å². The van der Waals surface area contributed by atoms with E-state index in [0.29, 0.717) is 22.4 Å². The summed E-state index contributed by atoms with van der Waals surface area (Å²) in [6, 6.07) is 13.7. The highest BCUT2D eigenvalue weighted by Gasteiger charge is 2.22. The molecule has 0 aromatic heterocycles. The molecule has 6 heteroatoms. The van der Waals surface area contributed by atoms with Gasteiger partial charge in [0, 0.05) is 12.0 Å². The highest BCUT2D eigenvalue weighted by molar-refractivity contribution is 8.26. The first-order valence-electron chi connectivity index (χ1n) is 8.69. The number of rotatable bonds is 7. The van der Waals surface area contributed by atoms with E-state index in [1.165, 1.54) is 22.9 Å². The minimum atomic E-state index is -0.165. The molecule has 2 aromatic rings. The monoisotopic (exact) mass is 399 g/mol. The number of benzene rings is 2. The molecule has 1 N–H and O–H groups in total. The van der Waals surface area contributed by atoms with Crippen LogP contribution in [0, 0.1) is 13.8 Å². The highest BCUT2D eigenvalue weighted by atomic mass is 32.2. The molecular formula is C21H21NO3S2. The Balaban J connectivity index is 1.53. The van der Waals surface area contributed by atoms with Crippen LogP contribution in [-0.4, -0.2) is 23.4 Å². The number of thiocarbonyl (C=S) groups is 1. The molecule has 1 fully saturated rings. The van der Waals surface area contributed by atoms with Gasteiger partial charge in [0.25, 0.3) is 5.91 Å². The van der Waals surface area contributed by atoms with E-state index in [1.54, 1.807) is 6.08 Å². The number of hydrogen-bond acceptors (Lipinski definition) is 5. The van der Waals surface area contributed by atoms with Crippen LogP contribution in [0.2, 0.25) is 0 Å². The third-order valence-electron chi connectivity index (χ3n) is 4.14. The Morgan fingerprint density at radius 2 is 1.85 bits per heavy atom. The molecule has 0 spiro atoms. The van der Waals surface area contributed by atoms with Gasteiger partial charge in [-0.3, -0.25) is 4.79 Å². The second-order valence-electron chi connectivity index (χ2n) is 6.19. The maximum absolute atomic E-state index is 11.8. The van der Waals surface area contributed by atoms with Gasteiger partial charge < -0.3 is 14.8 Å². The van der Waals surface area contributed by atoms with E-state index >= 15 is 0 Å². The van der Waals surface area contributed by atoms with Crippen LogP contribution in [0.5, 0.6) is 11.5 Å². The van der Waals surface area contributed by atoms with Crippen molar-refractivity contribution in [3.63, 3.8) is 0 Å². The lowest BCUT2D eigenvalue weighted by atomic mass is 10.1. The first-order valence-corrected chi connectivity index (χ1v) is 9.92. The van der Waals surface area contributed by atoms with Gasteiger partial charge in [0.05, 0.1) is 18.1 Å². The number of para-hydroxylation sites is 1. The number of carbonyl (C=O) groups excluding carboxylic acids is 1. The van der Waals surface area contributed by atoms with Crippen molar-refractivity contribution in [2.45, 2.75) is 20.3 Å². The molecular weight excluding hydrogens is 378 g/mol. The van der Waals surface area contributed by atoms with Crippen LogP contribution >= 0.6 is 24.0 Å². The topological polar surface area (TPSA) is 47.6 Å². The Hall–Kier alpha value is -2.31. The first-order chi connectivity index (χ1) is 13.0. The summed E-state index contributed by atoms with van der Waals surface area (Å²) in [5.41, 5.74) is 3.33. The summed E-state index contributed by atoms with van der Waals surface area (Å²) in [7, 11) is 0. The average molecular weight is 400 g/mol. The van der Waals surface area contributed by atoms with Crippen molar-refractivity contribution in [1.29, 1.82) is 0 Å². The molecule has 0 aliphatic carbocycles. The number of amides is 1. The molecule has 0 bridgehead atoms. The number of aryl methyl sites for hydroxylation is 2. The predicted molar refractivity (Wildman–Crippen MR) is 114 cm³/mol. The van der Waals surface area contributed by atoms with Gasteiger partial charge in [0.15, 0.2) is 0 Å². The lowest BCUT2D eigenvalue weighted by molar-refractivity contribution is -0.115. The molecule has 1 aliphatic rings. The molecule has 1 heterocycles. The summed E-state index contributed by atoms with van der Waals surface area (Å²) < 4.78 is 12.2. The van der Waals surface area contributed by atoms with Crippen molar-refractivity contribution >= 4 is 40.3 Å². The molecule has 140 valence electrons. The van der Waals surface area contributed by atoms with Gasteiger partial charge in [-0.15, -0.1) is 0 Å². The van der Waals surface area contributed by atoms with Crippen LogP contribution in [0.3, 0.4) is 0 Å². The second-order valence-corrected chi connectivity index (χ2v) is 7.91. The Morgan fingerprint density at radius 3 is 2.59 bits per heavy atom. The van der Waals surface area contributed by atoms with Gasteiger partial charge in [-0.1, -0.05) is 48.2 Å². The normalized spacial score (nSPS) is 15.1. The molecule has 0 radical (unpaired) electrons. The molecule has 0 saturated carbocycles. The Kier molecular flexibility index (Phi) is 6.53. The van der Waals surface area contributed by atoms with Crippen LogP contribution < -0.4 is 14.8 Å². The average Bonchev–Trinajstić information content (AvgIpc) is 2.96. The lowest BCUT2D eigenvalue weighted by Gasteiger charge is -2.11. The summed E-state index contributed by atoms with van der Waals surface area (Å²) in [5, 5.41) is 2.62. The Morgan fingerprint density at radius 1 is 1.07 bits per heavy atom. The molecule has 2 aromatic carbocycles. The molecule has 0 atom stereocenters. The number of carbonyl (C=O) groups is 1. The Labute approximate surface area is 168 Å². The van der Waals surface area contributed by atoms with Gasteiger partial charge in [-0.25, -0.2) is 0 Å². The van der Waals surface area contributed by atoms with Crippen LogP contribution in [0.4, 0.5) is 0 Å². The van der Waals surface area contributed by atoms with Crippen molar-refractivity contribution in [3.05, 3.63) is 64.1 Å². The summed E-state index contributed by atoms with van der Waals surface area (Å²) in [6.07, 6.45) is 2.57. The zero-order valence-electron chi connectivity index (χ0n) is 15.3. The molecule has 4 nitrogen and oxygen atoms in total. The molecule has 1 aliphatic heterocycles. The third kappa shape index (κ3) is 5.34. The van der Waals surface area contributed by atoms with Crippen molar-refractivity contribution in [2.24, 2.45) is 0 Å². The Bertz CT molecular complexity index is 893. The van der Waals surface area contributed by atoms with Crippen molar-refractivity contribution in [2.75, 3.05) is 13.2 Å². The first kappa shape index (κ1) is 19.5. The second kappa shape index (κ2) is 9.06. The molecule has 3 rings (SSSR count). The summed E-state index contributed by atoms with van der Waals surface area (Å²) >= 11 is 6.29. The van der Waals surface area contributed by atoms with Crippen molar-refractivity contribution in [3.8, 4) is 11.5 Å². The molecule has 1 amide bonds. The van der Waals surface area contributed by atoms with Crippen molar-refractivity contribution in [1.82, 2.24) is 5.32 Å². The van der Waals surface area contributed by atoms with E-state index in [4.69, 9.17) is 21.7 Å². The lowest BCUT2D eigenvalue weighted by Crippen LogP contribution is -2.17. The summed E-state index contributed by atoms with van der Waals surface area (Å²) in [6.45, 7) is 5.27. The van der Waals surface area contributed by atoms with Gasteiger partial charge in [0.1, 0.15) is 15.8 Å². The van der Waals surface area contributed by atoms with Crippen molar-refractivity contribution < 1.29 is 14.3 Å². The number of ether oxygens (including phenoxy) is 2. The van der Waals surface area contributed by atoms with Crippen LogP contribution in [0.1, 0.15) is 23.1 Å². The smallest absolute Gasteiger partial charge is 0.263 e. The number of nitrogens with one attached hydrogen (secondary N) is 1. The predicted octanol–water partition coefficient (Wildman–Crippen LogP) is 4.64. The minimum absolute atomic E-state index is 0.165. The molecule has 27 heavy (non-hydrogen) atoms. The zero-order chi connectivity index (χ0) is 19.2. The van der Waals surface area contributed by atoms with Gasteiger partial charge in [0.2, 0.25) is 0 Å². The van der Waals surface area contributed by atoms with Crippen LogP contribution in [-0.2, 0) is 4.79 Å². The number of hydrogen-bond donors (Lipinski definition) is 1. The SMILES string of the molecule is Cc1ccc(OCCCOc2ccccc2/C=C2/SC(=S)NC2=O)cc1C.